The van der Waals surface area contributed by atoms with E-state index < -0.39 is 0 Å². The van der Waals surface area contributed by atoms with Crippen molar-refractivity contribution in [3.63, 3.8) is 0 Å². The lowest BCUT2D eigenvalue weighted by Gasteiger charge is -2.06. The summed E-state index contributed by atoms with van der Waals surface area (Å²) in [7, 11) is 0. The third-order valence-electron chi connectivity index (χ3n) is 2.62. The van der Waals surface area contributed by atoms with Crippen molar-refractivity contribution in [2.45, 2.75) is 33.2 Å². The highest BCUT2D eigenvalue weighted by molar-refractivity contribution is 5.22. The number of rotatable bonds is 8. The maximum absolute atomic E-state index is 3.43. The molecule has 0 atom stereocenters. The Morgan fingerprint density at radius 2 is 1.50 bits per heavy atom. The Morgan fingerprint density at radius 3 is 2.12 bits per heavy atom. The van der Waals surface area contributed by atoms with Crippen molar-refractivity contribution in [3.05, 3.63) is 35.4 Å². The first-order valence-corrected chi connectivity index (χ1v) is 6.36. The van der Waals surface area contributed by atoms with Crippen molar-refractivity contribution in [2.75, 3.05) is 19.6 Å². The molecule has 1 aromatic rings. The van der Waals surface area contributed by atoms with Gasteiger partial charge < -0.3 is 10.6 Å². The summed E-state index contributed by atoms with van der Waals surface area (Å²) < 4.78 is 0. The lowest BCUT2D eigenvalue weighted by Crippen LogP contribution is -2.26. The molecule has 1 rings (SSSR count). The van der Waals surface area contributed by atoms with Crippen molar-refractivity contribution in [2.24, 2.45) is 0 Å². The van der Waals surface area contributed by atoms with E-state index in [4.69, 9.17) is 0 Å². The van der Waals surface area contributed by atoms with Crippen LogP contribution in [-0.2, 0) is 13.0 Å². The molecule has 0 heterocycles. The Hall–Kier alpha value is -0.860. The second kappa shape index (κ2) is 8.31. The maximum atomic E-state index is 3.43. The molecule has 0 aromatic heterocycles. The van der Waals surface area contributed by atoms with Crippen LogP contribution >= 0.6 is 0 Å². The minimum atomic E-state index is 0.970. The molecule has 0 aliphatic heterocycles. The summed E-state index contributed by atoms with van der Waals surface area (Å²) in [4.78, 5) is 0. The summed E-state index contributed by atoms with van der Waals surface area (Å²) in [6, 6.07) is 8.94. The Kier molecular flexibility index (Phi) is 6.86. The fraction of sp³-hybridized carbons (Fsp3) is 0.571. The number of aryl methyl sites for hydroxylation is 1. The van der Waals surface area contributed by atoms with E-state index in [0.29, 0.717) is 0 Å². The molecule has 0 spiro atoms. The van der Waals surface area contributed by atoms with Gasteiger partial charge in [0.15, 0.2) is 0 Å². The number of hydrogen-bond donors (Lipinski definition) is 2. The third-order valence-corrected chi connectivity index (χ3v) is 2.62. The van der Waals surface area contributed by atoms with Gasteiger partial charge in [-0.1, -0.05) is 44.5 Å². The highest BCUT2D eigenvalue weighted by atomic mass is 14.9. The average molecular weight is 220 g/mol. The first kappa shape index (κ1) is 13.2. The number of likely N-dealkylation sites (N-methyl/N-ethyl adjacent to an activating group) is 1. The quantitative estimate of drug-likeness (QED) is 0.657. The second-order valence-corrected chi connectivity index (χ2v) is 4.10. The monoisotopic (exact) mass is 220 g/mol. The van der Waals surface area contributed by atoms with Crippen LogP contribution in [0.1, 0.15) is 31.4 Å². The van der Waals surface area contributed by atoms with Gasteiger partial charge in [0.25, 0.3) is 0 Å². The molecule has 0 aliphatic rings. The van der Waals surface area contributed by atoms with E-state index in [9.17, 15) is 0 Å². The molecule has 0 fully saturated rings. The molecule has 0 saturated carbocycles. The molecule has 16 heavy (non-hydrogen) atoms. The standard InChI is InChI=1S/C14H24N2/c1-3-5-13-6-8-14(9-7-13)12-16-11-10-15-4-2/h6-9,15-16H,3-5,10-12H2,1-2H3. The van der Waals surface area contributed by atoms with E-state index in [1.165, 1.54) is 24.0 Å². The van der Waals surface area contributed by atoms with Crippen LogP contribution in [0.15, 0.2) is 24.3 Å². The molecule has 0 amide bonds. The van der Waals surface area contributed by atoms with Gasteiger partial charge in [-0.25, -0.2) is 0 Å². The summed E-state index contributed by atoms with van der Waals surface area (Å²) in [6.45, 7) is 8.45. The Labute approximate surface area is 99.5 Å². The average Bonchev–Trinajstić information content (AvgIpc) is 2.31. The number of nitrogens with one attached hydrogen (secondary N) is 2. The van der Waals surface area contributed by atoms with Crippen molar-refractivity contribution in [1.82, 2.24) is 10.6 Å². The van der Waals surface area contributed by atoms with Gasteiger partial charge in [-0.2, -0.15) is 0 Å². The van der Waals surface area contributed by atoms with Gasteiger partial charge in [-0.3, -0.25) is 0 Å². The highest BCUT2D eigenvalue weighted by Gasteiger charge is 1.94. The van der Waals surface area contributed by atoms with Gasteiger partial charge in [0.1, 0.15) is 0 Å². The summed E-state index contributed by atoms with van der Waals surface area (Å²) in [5.74, 6) is 0. The molecule has 0 radical (unpaired) electrons. The molecule has 0 bridgehead atoms. The van der Waals surface area contributed by atoms with Gasteiger partial charge in [0.05, 0.1) is 0 Å². The minimum Gasteiger partial charge on any atom is -0.316 e. The molecule has 0 saturated heterocycles. The maximum Gasteiger partial charge on any atom is 0.0206 e. The van der Waals surface area contributed by atoms with Crippen LogP contribution in [0.5, 0.6) is 0 Å². The molecule has 2 heteroatoms. The molecule has 0 aliphatic carbocycles. The minimum absolute atomic E-state index is 0.970. The first-order valence-electron chi connectivity index (χ1n) is 6.36. The topological polar surface area (TPSA) is 24.1 Å². The molecular formula is C14H24N2. The number of benzene rings is 1. The van der Waals surface area contributed by atoms with E-state index in [0.717, 1.165) is 26.2 Å². The van der Waals surface area contributed by atoms with Gasteiger partial charge in [-0.05, 0) is 24.1 Å². The first-order chi connectivity index (χ1) is 7.86. The second-order valence-electron chi connectivity index (χ2n) is 4.10. The Balaban J connectivity index is 2.21. The predicted octanol–water partition coefficient (Wildman–Crippen LogP) is 2.34. The SMILES string of the molecule is CCCc1ccc(CNCCNCC)cc1. The van der Waals surface area contributed by atoms with Crippen molar-refractivity contribution in [1.29, 1.82) is 0 Å². The van der Waals surface area contributed by atoms with E-state index in [1.807, 2.05) is 0 Å². The highest BCUT2D eigenvalue weighted by Crippen LogP contribution is 2.06. The molecule has 1 aromatic carbocycles. The van der Waals surface area contributed by atoms with Crippen LogP contribution < -0.4 is 10.6 Å². The molecule has 0 unspecified atom stereocenters. The lowest BCUT2D eigenvalue weighted by atomic mass is 10.1. The zero-order valence-electron chi connectivity index (χ0n) is 10.6. The Morgan fingerprint density at radius 1 is 0.875 bits per heavy atom. The van der Waals surface area contributed by atoms with Crippen molar-refractivity contribution in [3.8, 4) is 0 Å². The summed E-state index contributed by atoms with van der Waals surface area (Å²) >= 11 is 0. The van der Waals surface area contributed by atoms with Crippen molar-refractivity contribution < 1.29 is 0 Å². The van der Waals surface area contributed by atoms with Crippen LogP contribution in [0.3, 0.4) is 0 Å². The Bertz CT molecular complexity index is 267. The van der Waals surface area contributed by atoms with Gasteiger partial charge >= 0.3 is 0 Å². The smallest absolute Gasteiger partial charge is 0.0206 e. The summed E-state index contributed by atoms with van der Waals surface area (Å²) in [5.41, 5.74) is 2.82. The van der Waals surface area contributed by atoms with E-state index in [-0.39, 0.29) is 0 Å². The van der Waals surface area contributed by atoms with E-state index in [2.05, 4.69) is 48.7 Å². The van der Waals surface area contributed by atoms with E-state index in [1.54, 1.807) is 0 Å². The zero-order chi connectivity index (χ0) is 11.6. The van der Waals surface area contributed by atoms with Crippen LogP contribution in [-0.4, -0.2) is 19.6 Å². The lowest BCUT2D eigenvalue weighted by molar-refractivity contribution is 0.625. The van der Waals surface area contributed by atoms with Gasteiger partial charge in [0, 0.05) is 19.6 Å². The van der Waals surface area contributed by atoms with E-state index >= 15 is 0 Å². The molecule has 2 N–H and O–H groups in total. The van der Waals surface area contributed by atoms with Gasteiger partial charge in [-0.15, -0.1) is 0 Å². The van der Waals surface area contributed by atoms with Gasteiger partial charge in [0.2, 0.25) is 0 Å². The molecule has 2 nitrogen and oxygen atoms in total. The predicted molar refractivity (Wildman–Crippen MR) is 70.7 cm³/mol. The largest absolute Gasteiger partial charge is 0.316 e. The zero-order valence-corrected chi connectivity index (χ0v) is 10.6. The fourth-order valence-corrected chi connectivity index (χ4v) is 1.70. The van der Waals surface area contributed by atoms with Crippen LogP contribution in [0.2, 0.25) is 0 Å². The fourth-order valence-electron chi connectivity index (χ4n) is 1.70. The summed E-state index contributed by atoms with van der Waals surface area (Å²) in [5, 5.41) is 6.72. The van der Waals surface area contributed by atoms with Crippen LogP contribution in [0, 0.1) is 0 Å². The molecule has 90 valence electrons. The van der Waals surface area contributed by atoms with Crippen molar-refractivity contribution >= 4 is 0 Å². The van der Waals surface area contributed by atoms with Crippen LogP contribution in [0.4, 0.5) is 0 Å². The summed E-state index contributed by atoms with van der Waals surface area (Å²) in [6.07, 6.45) is 2.41. The number of hydrogen-bond acceptors (Lipinski definition) is 2. The third kappa shape index (κ3) is 5.29. The van der Waals surface area contributed by atoms with Crippen LogP contribution in [0.25, 0.3) is 0 Å². The normalized spacial score (nSPS) is 10.6. The molecular weight excluding hydrogens is 196 g/mol.